The second-order valence-corrected chi connectivity index (χ2v) is 23.8. The third-order valence-electron chi connectivity index (χ3n) is 15.0. The van der Waals surface area contributed by atoms with Gasteiger partial charge in [-0.1, -0.05) is 128 Å². The summed E-state index contributed by atoms with van der Waals surface area (Å²) in [5.74, 6) is -8.79. The van der Waals surface area contributed by atoms with Crippen LogP contribution < -0.4 is 16.7 Å². The Kier molecular flexibility index (Phi) is 24.4. The molecule has 13 nitrogen and oxygen atoms in total. The van der Waals surface area contributed by atoms with E-state index >= 15 is 0 Å². The van der Waals surface area contributed by atoms with Crippen LogP contribution in [0.4, 0.5) is 26.3 Å². The normalized spacial score (nSPS) is 13.5. The number of nitrogens with zero attached hydrogens (tertiary/aromatic N) is 3. The van der Waals surface area contributed by atoms with E-state index in [2.05, 4.69) is 20.8 Å². The van der Waals surface area contributed by atoms with Crippen molar-refractivity contribution < 1.29 is 60.4 Å². The summed E-state index contributed by atoms with van der Waals surface area (Å²) in [7, 11) is 2.63. The van der Waals surface area contributed by atoms with Crippen molar-refractivity contribution in [1.29, 1.82) is 0 Å². The molecule has 0 saturated carbocycles. The van der Waals surface area contributed by atoms with Crippen molar-refractivity contribution in [2.45, 2.75) is 153 Å². The number of halogens is 6. The monoisotopic (exact) mass is 1260 g/mol. The van der Waals surface area contributed by atoms with Gasteiger partial charge in [-0.05, 0) is 108 Å². The zero-order valence-electron chi connectivity index (χ0n) is 49.0. The molecule has 0 unspecified atom stereocenters. The van der Waals surface area contributed by atoms with E-state index in [4.69, 9.17) is 9.47 Å². The average molecular weight is 1260 g/mol. The number of fused-ring (bicyclic) bond motifs is 3. The van der Waals surface area contributed by atoms with Gasteiger partial charge in [0.05, 0.1) is 12.1 Å². The van der Waals surface area contributed by atoms with Crippen LogP contribution in [0.3, 0.4) is 0 Å². The molecule has 3 aromatic carbocycles. The Morgan fingerprint density at radius 1 is 0.494 bits per heavy atom. The predicted molar refractivity (Wildman–Crippen MR) is 329 cm³/mol. The van der Waals surface area contributed by atoms with Gasteiger partial charge >= 0.3 is 17.9 Å². The first kappa shape index (κ1) is 67.2. The molecule has 0 spiro atoms. The minimum absolute atomic E-state index is 0.121. The summed E-state index contributed by atoms with van der Waals surface area (Å²) in [5.41, 5.74) is 3.34. The number of pyridine rings is 3. The van der Waals surface area contributed by atoms with Gasteiger partial charge in [0, 0.05) is 52.8 Å². The number of hydrogen-bond acceptors (Lipinski definition) is 11. The zero-order chi connectivity index (χ0) is 63.1. The van der Waals surface area contributed by atoms with Crippen LogP contribution >= 0.6 is 34.4 Å². The molecule has 87 heavy (non-hydrogen) atoms. The molecule has 0 fully saturated rings. The summed E-state index contributed by atoms with van der Waals surface area (Å²) in [6.07, 6.45) is 17.6. The summed E-state index contributed by atoms with van der Waals surface area (Å²) in [5, 5.41) is 22.4. The number of methoxy groups -OCH3 is 2. The summed E-state index contributed by atoms with van der Waals surface area (Å²) in [6.45, 7) is 6.41. The lowest BCUT2D eigenvalue weighted by molar-refractivity contribution is -0.143. The zero-order valence-corrected chi connectivity index (χ0v) is 51.4. The number of carboxylic acids is 2. The van der Waals surface area contributed by atoms with Gasteiger partial charge in [0.25, 0.3) is 16.7 Å². The molecule has 464 valence electrons. The number of aliphatic carboxylic acids is 1. The van der Waals surface area contributed by atoms with Crippen LogP contribution in [0.15, 0.2) is 103 Å². The Bertz CT molecular complexity index is 3950. The smallest absolute Gasteiger partial charge is 0.356 e. The SMILES string of the molecule is CCCCCCCc1cc(=O)n2c(C(=O)O)csc2c1-c1ccc(F)c(F)c1.CCCCCCCc1cc(=O)n2c(C(=O)OC)csc2c1-c1ccc(F)c(F)c1.CCCCCCCc1cc(=O)n2c(c1-c1ccc(F)c(F)c1)S[C@H](OC)[C@H]2C(=O)O. The van der Waals surface area contributed by atoms with E-state index in [1.807, 2.05) is 0 Å². The van der Waals surface area contributed by atoms with Crippen LogP contribution in [0.1, 0.15) is 161 Å². The molecule has 0 amide bonds. The molecule has 2 N–H and O–H groups in total. The van der Waals surface area contributed by atoms with Gasteiger partial charge in [-0.25, -0.2) is 40.7 Å². The number of aryl methyl sites for hydroxylation is 3. The number of benzene rings is 3. The number of carbonyl (C=O) groups is 3. The highest BCUT2D eigenvalue weighted by molar-refractivity contribution is 8.00. The van der Waals surface area contributed by atoms with E-state index in [9.17, 15) is 65.3 Å². The summed E-state index contributed by atoms with van der Waals surface area (Å²) in [4.78, 5) is 74.5. The molecule has 1 aliphatic rings. The third-order valence-corrected chi connectivity index (χ3v) is 18.2. The molecule has 5 aromatic heterocycles. The fraction of sp³-hybridized carbons (Fsp3) is 0.385. The highest BCUT2D eigenvalue weighted by Gasteiger charge is 2.42. The Morgan fingerprint density at radius 3 is 1.25 bits per heavy atom. The van der Waals surface area contributed by atoms with Crippen LogP contribution in [0.2, 0.25) is 0 Å². The Morgan fingerprint density at radius 2 is 0.874 bits per heavy atom. The predicted octanol–water partition coefficient (Wildman–Crippen LogP) is 16.1. The number of esters is 1. The lowest BCUT2D eigenvalue weighted by Crippen LogP contribution is -2.33. The van der Waals surface area contributed by atoms with Gasteiger partial charge in [-0.15, -0.1) is 22.7 Å². The standard InChI is InChI=1S/C22H25F2NO4S.C22H23F2NO3S.C21H21F2NO3S/c1-3-4-5-6-7-8-13-12-17(26)25-19(21(27)28)22(29-2)30-20(25)18(13)14-9-10-15(23)16(24)11-14;1-3-4-5-6-7-8-14-12-19(26)25-18(22(27)28-2)13-29-21(25)20(14)15-9-10-16(23)17(24)11-15;1-2-3-4-5-6-7-13-11-18(25)24-17(21(26)27)12-28-20(24)19(13)14-8-9-15(22)16(23)10-14/h9-12,19,22H,3-8H2,1-2H3,(H,27,28);9-13H,3-8H2,1-2H3;8-12H,2-7H2,1H3,(H,26,27)/t19-,22+;;/m1../s1. The lowest BCUT2D eigenvalue weighted by Gasteiger charge is -2.17. The van der Waals surface area contributed by atoms with E-state index in [-0.39, 0.29) is 16.9 Å². The van der Waals surface area contributed by atoms with Crippen molar-refractivity contribution >= 4 is 62.0 Å². The number of rotatable bonds is 25. The summed E-state index contributed by atoms with van der Waals surface area (Å²) < 4.78 is 95.9. The second-order valence-electron chi connectivity index (χ2n) is 21.0. The summed E-state index contributed by atoms with van der Waals surface area (Å²) >= 11 is 3.45. The summed E-state index contributed by atoms with van der Waals surface area (Å²) in [6, 6.07) is 14.0. The van der Waals surface area contributed by atoms with Crippen molar-refractivity contribution in [3.05, 3.63) is 178 Å². The van der Waals surface area contributed by atoms with Crippen LogP contribution in [-0.2, 0) is 33.5 Å². The molecular weight excluding hydrogens is 1190 g/mol. The fourth-order valence-electron chi connectivity index (χ4n) is 10.6. The molecule has 2 atom stereocenters. The van der Waals surface area contributed by atoms with E-state index in [0.717, 1.165) is 171 Å². The number of aromatic carboxylic acids is 1. The molecule has 0 saturated heterocycles. The molecule has 22 heteroatoms. The first-order chi connectivity index (χ1) is 41.8. The molecule has 0 aliphatic carbocycles. The maximum atomic E-state index is 14.0. The van der Waals surface area contributed by atoms with Gasteiger partial charge in [0.2, 0.25) is 0 Å². The van der Waals surface area contributed by atoms with Crippen molar-refractivity contribution in [3.8, 4) is 33.4 Å². The number of thiazole rings is 2. The number of unbranched alkanes of at least 4 members (excludes halogenated alkanes) is 12. The second kappa shape index (κ2) is 31.6. The van der Waals surface area contributed by atoms with E-state index in [1.54, 1.807) is 5.38 Å². The lowest BCUT2D eigenvalue weighted by atomic mass is 9.96. The largest absolute Gasteiger partial charge is 0.480 e. The van der Waals surface area contributed by atoms with Gasteiger partial charge in [0.1, 0.15) is 26.5 Å². The van der Waals surface area contributed by atoms with Gasteiger partial charge < -0.3 is 19.7 Å². The highest BCUT2D eigenvalue weighted by atomic mass is 32.2. The Labute approximate surface area is 511 Å². The van der Waals surface area contributed by atoms with Gasteiger partial charge in [-0.3, -0.25) is 27.8 Å². The van der Waals surface area contributed by atoms with Gasteiger partial charge in [-0.2, -0.15) is 0 Å². The Hall–Kier alpha value is -7.27. The number of ether oxygens (including phenoxy) is 2. The van der Waals surface area contributed by atoms with Crippen molar-refractivity contribution in [2.24, 2.45) is 0 Å². The number of hydrogen-bond donors (Lipinski definition) is 2. The molecule has 1 aliphatic heterocycles. The Balaban J connectivity index is 0.000000187. The molecular formula is C65H69F6N3O10S3. The first-order valence-electron chi connectivity index (χ1n) is 29.0. The minimum Gasteiger partial charge on any atom is -0.480 e. The van der Waals surface area contributed by atoms with E-state index in [1.165, 1.54) is 76.3 Å². The number of thioether (sulfide) groups is 1. The number of aromatic nitrogens is 3. The first-order valence-corrected chi connectivity index (χ1v) is 31.6. The van der Waals surface area contributed by atoms with Gasteiger partial charge in [0.15, 0.2) is 40.9 Å². The minimum atomic E-state index is -1.21. The molecule has 0 radical (unpaired) electrons. The number of carbonyl (C=O) groups excluding carboxylic acids is 1. The van der Waals surface area contributed by atoms with E-state index in [0.29, 0.717) is 72.9 Å². The maximum absolute atomic E-state index is 14.0. The average Bonchev–Trinajstić information content (AvgIpc) is 2.07. The van der Waals surface area contributed by atoms with Crippen LogP contribution in [0.5, 0.6) is 0 Å². The van der Waals surface area contributed by atoms with Crippen molar-refractivity contribution in [1.82, 2.24) is 13.4 Å². The van der Waals surface area contributed by atoms with Crippen LogP contribution in [0, 0.1) is 34.9 Å². The quantitative estimate of drug-likeness (QED) is 0.0316. The topological polar surface area (TPSA) is 175 Å². The van der Waals surface area contributed by atoms with Crippen molar-refractivity contribution in [2.75, 3.05) is 14.2 Å². The third kappa shape index (κ3) is 15.9. The fourth-order valence-corrected chi connectivity index (χ4v) is 14.2. The molecule has 0 bridgehead atoms. The van der Waals surface area contributed by atoms with Crippen LogP contribution in [-0.4, -0.2) is 61.1 Å². The number of carboxylic acid groups (broad SMARTS) is 2. The maximum Gasteiger partial charge on any atom is 0.356 e. The molecule has 6 heterocycles. The van der Waals surface area contributed by atoms with Crippen molar-refractivity contribution in [3.63, 3.8) is 0 Å². The van der Waals surface area contributed by atoms with E-state index < -0.39 is 75.4 Å². The molecule has 9 rings (SSSR count). The highest BCUT2D eigenvalue weighted by Crippen LogP contribution is 2.46. The molecule has 8 aromatic rings. The van der Waals surface area contributed by atoms with Crippen LogP contribution in [0.25, 0.3) is 43.0 Å².